The van der Waals surface area contributed by atoms with Crippen molar-refractivity contribution in [3.05, 3.63) is 94.5 Å². The first-order valence-electron chi connectivity index (χ1n) is 10.4. The lowest BCUT2D eigenvalue weighted by molar-refractivity contribution is 0.0641. The van der Waals surface area contributed by atoms with Gasteiger partial charge in [-0.1, -0.05) is 24.3 Å². The molecule has 0 radical (unpaired) electrons. The van der Waals surface area contributed by atoms with Crippen LogP contribution in [0.5, 0.6) is 11.5 Å². The molecule has 0 saturated carbocycles. The second-order valence-corrected chi connectivity index (χ2v) is 7.78. The second kappa shape index (κ2) is 9.16. The number of ether oxygens (including phenoxy) is 2. The highest BCUT2D eigenvalue weighted by Crippen LogP contribution is 2.26. The molecule has 0 aliphatic carbocycles. The Morgan fingerprint density at radius 1 is 0.879 bits per heavy atom. The highest BCUT2D eigenvalue weighted by molar-refractivity contribution is 6.21. The van der Waals surface area contributed by atoms with Gasteiger partial charge in [0.05, 0.1) is 31.9 Å². The lowest BCUT2D eigenvalue weighted by Gasteiger charge is -2.20. The van der Waals surface area contributed by atoms with Gasteiger partial charge in [-0.05, 0) is 42.0 Å². The van der Waals surface area contributed by atoms with Crippen LogP contribution >= 0.6 is 0 Å². The zero-order valence-electron chi connectivity index (χ0n) is 18.7. The fraction of sp³-hybridized carbons (Fsp3) is 0.192. The minimum atomic E-state index is -0.302. The maximum Gasteiger partial charge on any atom is 0.261 e. The van der Waals surface area contributed by atoms with Crippen LogP contribution < -0.4 is 9.47 Å². The van der Waals surface area contributed by atoms with Gasteiger partial charge < -0.3 is 14.4 Å². The van der Waals surface area contributed by atoms with Crippen molar-refractivity contribution in [2.75, 3.05) is 21.3 Å². The van der Waals surface area contributed by atoms with Crippen LogP contribution in [0.1, 0.15) is 42.2 Å². The van der Waals surface area contributed by atoms with E-state index in [0.717, 1.165) is 11.1 Å². The van der Waals surface area contributed by atoms with E-state index < -0.39 is 0 Å². The molecule has 7 heteroatoms. The highest BCUT2D eigenvalue weighted by Gasteiger charge is 2.34. The summed E-state index contributed by atoms with van der Waals surface area (Å²) in [4.78, 5) is 40.9. The number of hydrogen-bond acceptors (Lipinski definition) is 5. The normalized spacial score (nSPS) is 12.5. The largest absolute Gasteiger partial charge is 0.497 e. The zero-order valence-corrected chi connectivity index (χ0v) is 18.7. The average Bonchev–Trinajstić information content (AvgIpc) is 3.09. The molecule has 1 aliphatic heterocycles. The molecule has 3 aromatic carbocycles. The quantitative estimate of drug-likeness (QED) is 0.519. The lowest BCUT2D eigenvalue weighted by Crippen LogP contribution is -2.29. The van der Waals surface area contributed by atoms with Crippen LogP contribution in [-0.2, 0) is 13.1 Å². The van der Waals surface area contributed by atoms with E-state index in [-0.39, 0.29) is 24.3 Å². The monoisotopic (exact) mass is 444 g/mol. The van der Waals surface area contributed by atoms with Gasteiger partial charge in [0, 0.05) is 30.8 Å². The van der Waals surface area contributed by atoms with Crippen LogP contribution in [0.2, 0.25) is 0 Å². The van der Waals surface area contributed by atoms with Gasteiger partial charge in [-0.15, -0.1) is 0 Å². The smallest absolute Gasteiger partial charge is 0.261 e. The molecule has 3 aromatic rings. The maximum absolute atomic E-state index is 12.9. The molecule has 0 atom stereocenters. The molecule has 0 aromatic heterocycles. The van der Waals surface area contributed by atoms with Crippen molar-refractivity contribution in [2.45, 2.75) is 13.1 Å². The number of fused-ring (bicyclic) bond motifs is 1. The lowest BCUT2D eigenvalue weighted by atomic mass is 10.1. The van der Waals surface area contributed by atoms with E-state index in [2.05, 4.69) is 0 Å². The molecule has 33 heavy (non-hydrogen) atoms. The third kappa shape index (κ3) is 4.30. The standard InChI is InChI=1S/C26H24N2O5/c1-27(16-19-12-13-20(32-2)14-23(19)33-3)24(29)18-10-8-17(9-11-18)15-28-25(30)21-6-4-5-7-22(21)26(28)31/h4-14H,15-16H2,1-3H3. The van der Waals surface area contributed by atoms with Crippen molar-refractivity contribution in [1.82, 2.24) is 9.80 Å². The Kier molecular flexibility index (Phi) is 6.13. The predicted octanol–water partition coefficient (Wildman–Crippen LogP) is 3.77. The van der Waals surface area contributed by atoms with Crippen LogP contribution in [0.4, 0.5) is 0 Å². The summed E-state index contributed by atoms with van der Waals surface area (Å²) in [5.74, 6) is 0.566. The molecule has 0 bridgehead atoms. The molecule has 0 unspecified atom stereocenters. The molecular weight excluding hydrogens is 420 g/mol. The highest BCUT2D eigenvalue weighted by atomic mass is 16.5. The van der Waals surface area contributed by atoms with Gasteiger partial charge in [-0.3, -0.25) is 19.3 Å². The number of hydrogen-bond donors (Lipinski definition) is 0. The van der Waals surface area contributed by atoms with Gasteiger partial charge in [0.1, 0.15) is 11.5 Å². The summed E-state index contributed by atoms with van der Waals surface area (Å²) in [5, 5.41) is 0. The van der Waals surface area contributed by atoms with Crippen LogP contribution in [0, 0.1) is 0 Å². The van der Waals surface area contributed by atoms with Gasteiger partial charge in [0.2, 0.25) is 0 Å². The van der Waals surface area contributed by atoms with Crippen molar-refractivity contribution < 1.29 is 23.9 Å². The number of rotatable bonds is 7. The minimum absolute atomic E-state index is 0.152. The summed E-state index contributed by atoms with van der Waals surface area (Å²) >= 11 is 0. The Labute approximate surface area is 192 Å². The van der Waals surface area contributed by atoms with E-state index in [4.69, 9.17) is 9.47 Å². The van der Waals surface area contributed by atoms with Crippen molar-refractivity contribution in [3.8, 4) is 11.5 Å². The number of nitrogens with zero attached hydrogens (tertiary/aromatic N) is 2. The minimum Gasteiger partial charge on any atom is -0.497 e. The summed E-state index contributed by atoms with van der Waals surface area (Å²) < 4.78 is 10.6. The molecule has 0 N–H and O–H groups in total. The van der Waals surface area contributed by atoms with Crippen molar-refractivity contribution in [1.29, 1.82) is 0 Å². The Balaban J connectivity index is 1.44. The molecule has 1 heterocycles. The van der Waals surface area contributed by atoms with Crippen molar-refractivity contribution in [3.63, 3.8) is 0 Å². The second-order valence-electron chi connectivity index (χ2n) is 7.78. The summed E-state index contributed by atoms with van der Waals surface area (Å²) in [6.45, 7) is 0.516. The predicted molar refractivity (Wildman–Crippen MR) is 122 cm³/mol. The first kappa shape index (κ1) is 22.1. The van der Waals surface area contributed by atoms with Crippen molar-refractivity contribution in [2.24, 2.45) is 0 Å². The SMILES string of the molecule is COc1ccc(CN(C)C(=O)c2ccc(CN3C(=O)c4ccccc4C3=O)cc2)c(OC)c1. The number of amides is 3. The van der Waals surface area contributed by atoms with E-state index in [0.29, 0.717) is 34.7 Å². The number of carbonyl (C=O) groups excluding carboxylic acids is 3. The summed E-state index contributed by atoms with van der Waals surface area (Å²) in [5.41, 5.74) is 2.97. The van der Waals surface area contributed by atoms with E-state index in [1.54, 1.807) is 80.8 Å². The first-order chi connectivity index (χ1) is 15.9. The third-order valence-electron chi connectivity index (χ3n) is 5.67. The average molecular weight is 444 g/mol. The van der Waals surface area contributed by atoms with Gasteiger partial charge in [-0.2, -0.15) is 0 Å². The zero-order chi connectivity index (χ0) is 23.5. The van der Waals surface area contributed by atoms with E-state index in [1.807, 2.05) is 12.1 Å². The molecular formula is C26H24N2O5. The van der Waals surface area contributed by atoms with Crippen LogP contribution in [0.25, 0.3) is 0 Å². The molecule has 0 saturated heterocycles. The Hall–Kier alpha value is -4.13. The fourth-order valence-electron chi connectivity index (χ4n) is 3.85. The Morgan fingerprint density at radius 2 is 1.52 bits per heavy atom. The van der Waals surface area contributed by atoms with E-state index in [1.165, 1.54) is 4.90 Å². The third-order valence-corrected chi connectivity index (χ3v) is 5.67. The summed E-state index contributed by atoms with van der Waals surface area (Å²) in [6, 6.07) is 19.2. The van der Waals surface area contributed by atoms with Gasteiger partial charge in [0.15, 0.2) is 0 Å². The van der Waals surface area contributed by atoms with E-state index in [9.17, 15) is 14.4 Å². The first-order valence-corrected chi connectivity index (χ1v) is 10.4. The van der Waals surface area contributed by atoms with Gasteiger partial charge in [-0.25, -0.2) is 0 Å². The Morgan fingerprint density at radius 3 is 2.09 bits per heavy atom. The number of imide groups is 1. The topological polar surface area (TPSA) is 76.2 Å². The molecule has 4 rings (SSSR count). The summed E-state index contributed by atoms with van der Waals surface area (Å²) in [6.07, 6.45) is 0. The van der Waals surface area contributed by atoms with Gasteiger partial charge >= 0.3 is 0 Å². The van der Waals surface area contributed by atoms with Crippen LogP contribution in [0.15, 0.2) is 66.7 Å². The van der Waals surface area contributed by atoms with Crippen molar-refractivity contribution >= 4 is 17.7 Å². The molecule has 0 spiro atoms. The number of methoxy groups -OCH3 is 2. The maximum atomic E-state index is 12.9. The summed E-state index contributed by atoms with van der Waals surface area (Å²) in [7, 11) is 4.88. The van der Waals surface area contributed by atoms with Crippen LogP contribution in [0.3, 0.4) is 0 Å². The molecule has 7 nitrogen and oxygen atoms in total. The Bertz CT molecular complexity index is 1180. The number of carbonyl (C=O) groups is 3. The van der Waals surface area contributed by atoms with E-state index >= 15 is 0 Å². The molecule has 168 valence electrons. The molecule has 0 fully saturated rings. The fourth-order valence-corrected chi connectivity index (χ4v) is 3.85. The number of benzene rings is 3. The molecule has 1 aliphatic rings. The molecule has 3 amide bonds. The van der Waals surface area contributed by atoms with Gasteiger partial charge in [0.25, 0.3) is 17.7 Å². The van der Waals surface area contributed by atoms with Crippen LogP contribution in [-0.4, -0.2) is 48.8 Å².